The summed E-state index contributed by atoms with van der Waals surface area (Å²) in [6.45, 7) is 4.21. The number of nitrogens with one attached hydrogen (secondary N) is 1. The summed E-state index contributed by atoms with van der Waals surface area (Å²) in [5.74, 6) is -0.717. The monoisotopic (exact) mass is 342 g/mol. The minimum absolute atomic E-state index is 0.110. The quantitative estimate of drug-likeness (QED) is 0.865. The SMILES string of the molecule is CCCn1nc(C(=O)N(C)CC(=O)Nc2ccc(C)cc2)ccc1=O. The number of amides is 2. The van der Waals surface area contributed by atoms with Crippen LogP contribution in [0.5, 0.6) is 0 Å². The van der Waals surface area contributed by atoms with Crippen molar-refractivity contribution < 1.29 is 9.59 Å². The summed E-state index contributed by atoms with van der Waals surface area (Å²) in [6.07, 6.45) is 0.735. The van der Waals surface area contributed by atoms with Gasteiger partial charge in [-0.15, -0.1) is 0 Å². The van der Waals surface area contributed by atoms with E-state index in [1.165, 1.54) is 28.8 Å². The first kappa shape index (κ1) is 18.4. The second kappa shape index (κ2) is 8.23. The van der Waals surface area contributed by atoms with Gasteiger partial charge < -0.3 is 10.2 Å². The van der Waals surface area contributed by atoms with E-state index in [0.717, 1.165) is 12.0 Å². The number of likely N-dealkylation sites (N-methyl/N-ethyl adjacent to an activating group) is 1. The van der Waals surface area contributed by atoms with Crippen molar-refractivity contribution in [3.8, 4) is 0 Å². The zero-order valence-corrected chi connectivity index (χ0v) is 14.7. The van der Waals surface area contributed by atoms with Gasteiger partial charge in [0.05, 0.1) is 6.54 Å². The number of anilines is 1. The summed E-state index contributed by atoms with van der Waals surface area (Å²) in [4.78, 5) is 37.4. The summed E-state index contributed by atoms with van der Waals surface area (Å²) in [7, 11) is 1.52. The second-order valence-electron chi connectivity index (χ2n) is 5.86. The van der Waals surface area contributed by atoms with Crippen LogP contribution in [0, 0.1) is 6.92 Å². The summed E-state index contributed by atoms with van der Waals surface area (Å²) >= 11 is 0. The molecule has 1 heterocycles. The van der Waals surface area contributed by atoms with Gasteiger partial charge in [0.1, 0.15) is 5.69 Å². The van der Waals surface area contributed by atoms with Gasteiger partial charge in [-0.3, -0.25) is 14.4 Å². The van der Waals surface area contributed by atoms with E-state index in [4.69, 9.17) is 0 Å². The summed E-state index contributed by atoms with van der Waals surface area (Å²) in [5, 5.41) is 6.80. The van der Waals surface area contributed by atoms with Gasteiger partial charge in [-0.05, 0) is 31.5 Å². The first-order valence-electron chi connectivity index (χ1n) is 8.11. The van der Waals surface area contributed by atoms with E-state index >= 15 is 0 Å². The second-order valence-corrected chi connectivity index (χ2v) is 5.86. The number of aromatic nitrogens is 2. The number of rotatable bonds is 6. The molecule has 132 valence electrons. The highest BCUT2D eigenvalue weighted by molar-refractivity contribution is 5.98. The van der Waals surface area contributed by atoms with Crippen LogP contribution in [-0.4, -0.2) is 40.1 Å². The third-order valence-electron chi connectivity index (χ3n) is 3.58. The highest BCUT2D eigenvalue weighted by Gasteiger charge is 2.17. The normalized spacial score (nSPS) is 10.4. The first-order chi connectivity index (χ1) is 11.9. The van der Waals surface area contributed by atoms with Crippen LogP contribution in [0.3, 0.4) is 0 Å². The molecule has 0 saturated heterocycles. The Morgan fingerprint density at radius 2 is 1.84 bits per heavy atom. The molecule has 0 aliphatic carbocycles. The lowest BCUT2D eigenvalue weighted by molar-refractivity contribution is -0.116. The van der Waals surface area contributed by atoms with Gasteiger partial charge in [-0.25, -0.2) is 4.68 Å². The predicted octanol–water partition coefficient (Wildman–Crippen LogP) is 1.67. The molecule has 1 aromatic carbocycles. The van der Waals surface area contributed by atoms with Crippen LogP contribution in [0.25, 0.3) is 0 Å². The molecular formula is C18H22N4O3. The summed E-state index contributed by atoms with van der Waals surface area (Å²) in [5.41, 5.74) is 1.65. The van der Waals surface area contributed by atoms with Crippen LogP contribution >= 0.6 is 0 Å². The molecule has 0 fully saturated rings. The highest BCUT2D eigenvalue weighted by atomic mass is 16.2. The summed E-state index contributed by atoms with van der Waals surface area (Å²) in [6, 6.07) is 10.1. The lowest BCUT2D eigenvalue weighted by Crippen LogP contribution is -2.36. The molecule has 1 aromatic heterocycles. The first-order valence-corrected chi connectivity index (χ1v) is 8.11. The van der Waals surface area contributed by atoms with Crippen molar-refractivity contribution in [3.05, 3.63) is 58.0 Å². The van der Waals surface area contributed by atoms with E-state index in [9.17, 15) is 14.4 Å². The van der Waals surface area contributed by atoms with Gasteiger partial charge in [-0.2, -0.15) is 5.10 Å². The third kappa shape index (κ3) is 5.00. The van der Waals surface area contributed by atoms with Gasteiger partial charge in [0, 0.05) is 25.3 Å². The molecule has 2 rings (SSSR count). The molecule has 0 unspecified atom stereocenters. The maximum atomic E-state index is 12.4. The number of nitrogens with zero attached hydrogens (tertiary/aromatic N) is 3. The molecular weight excluding hydrogens is 320 g/mol. The number of aryl methyl sites for hydroxylation is 2. The van der Waals surface area contributed by atoms with Crippen molar-refractivity contribution in [2.75, 3.05) is 18.9 Å². The smallest absolute Gasteiger partial charge is 0.274 e. The highest BCUT2D eigenvalue weighted by Crippen LogP contribution is 2.08. The Balaban J connectivity index is 2.02. The van der Waals surface area contributed by atoms with Gasteiger partial charge >= 0.3 is 0 Å². The summed E-state index contributed by atoms with van der Waals surface area (Å²) < 4.78 is 1.26. The zero-order chi connectivity index (χ0) is 18.4. The van der Waals surface area contributed by atoms with E-state index in [1.54, 1.807) is 12.1 Å². The maximum absolute atomic E-state index is 12.4. The number of hydrogen-bond donors (Lipinski definition) is 1. The fourth-order valence-electron chi connectivity index (χ4n) is 2.26. The Kier molecular flexibility index (Phi) is 6.05. The van der Waals surface area contributed by atoms with Crippen LogP contribution in [-0.2, 0) is 11.3 Å². The minimum atomic E-state index is -0.413. The maximum Gasteiger partial charge on any atom is 0.274 e. The minimum Gasteiger partial charge on any atom is -0.331 e. The standard InChI is InChI=1S/C18H22N4O3/c1-4-11-22-17(24)10-9-15(20-22)18(25)21(3)12-16(23)19-14-7-5-13(2)6-8-14/h5-10H,4,11-12H2,1-3H3,(H,19,23). The number of carbonyl (C=O) groups is 2. The van der Waals surface area contributed by atoms with Gasteiger partial charge in [0.25, 0.3) is 11.5 Å². The molecule has 25 heavy (non-hydrogen) atoms. The number of benzene rings is 1. The molecule has 0 aliphatic heterocycles. The van der Waals surface area contributed by atoms with Crippen LogP contribution in [0.1, 0.15) is 29.4 Å². The molecule has 0 atom stereocenters. The van der Waals surface area contributed by atoms with Crippen molar-refractivity contribution in [1.82, 2.24) is 14.7 Å². The van der Waals surface area contributed by atoms with Crippen LogP contribution in [0.2, 0.25) is 0 Å². The van der Waals surface area contributed by atoms with Crippen molar-refractivity contribution >= 4 is 17.5 Å². The fraction of sp³-hybridized carbons (Fsp3) is 0.333. The molecule has 0 aliphatic rings. The lowest BCUT2D eigenvalue weighted by Gasteiger charge is -2.17. The van der Waals surface area contributed by atoms with Crippen molar-refractivity contribution in [2.45, 2.75) is 26.8 Å². The molecule has 2 aromatic rings. The van der Waals surface area contributed by atoms with E-state index in [1.807, 2.05) is 26.0 Å². The molecule has 0 bridgehead atoms. The fourth-order valence-corrected chi connectivity index (χ4v) is 2.26. The molecule has 1 N–H and O–H groups in total. The largest absolute Gasteiger partial charge is 0.331 e. The Hall–Kier alpha value is -2.96. The third-order valence-corrected chi connectivity index (χ3v) is 3.58. The van der Waals surface area contributed by atoms with E-state index in [0.29, 0.717) is 12.2 Å². The average molecular weight is 342 g/mol. The molecule has 0 spiro atoms. The number of carbonyl (C=O) groups excluding carboxylic acids is 2. The van der Waals surface area contributed by atoms with Crippen LogP contribution < -0.4 is 10.9 Å². The van der Waals surface area contributed by atoms with Crippen LogP contribution in [0.4, 0.5) is 5.69 Å². The average Bonchev–Trinajstić information content (AvgIpc) is 2.58. The van der Waals surface area contributed by atoms with Crippen molar-refractivity contribution in [3.63, 3.8) is 0 Å². The van der Waals surface area contributed by atoms with E-state index < -0.39 is 5.91 Å². The van der Waals surface area contributed by atoms with Crippen molar-refractivity contribution in [1.29, 1.82) is 0 Å². The molecule has 7 heteroatoms. The van der Waals surface area contributed by atoms with Gasteiger partial charge in [-0.1, -0.05) is 24.6 Å². The van der Waals surface area contributed by atoms with Crippen molar-refractivity contribution in [2.24, 2.45) is 0 Å². The Bertz CT molecular complexity index is 812. The Morgan fingerprint density at radius 3 is 2.48 bits per heavy atom. The van der Waals surface area contributed by atoms with E-state index in [-0.39, 0.29) is 23.7 Å². The van der Waals surface area contributed by atoms with Gasteiger partial charge in [0.2, 0.25) is 5.91 Å². The Morgan fingerprint density at radius 1 is 1.16 bits per heavy atom. The lowest BCUT2D eigenvalue weighted by atomic mass is 10.2. The zero-order valence-electron chi connectivity index (χ0n) is 14.7. The van der Waals surface area contributed by atoms with Crippen LogP contribution in [0.15, 0.2) is 41.2 Å². The van der Waals surface area contributed by atoms with Gasteiger partial charge in [0.15, 0.2) is 0 Å². The molecule has 0 saturated carbocycles. The molecule has 2 amide bonds. The topological polar surface area (TPSA) is 84.3 Å². The molecule has 0 radical (unpaired) electrons. The van der Waals surface area contributed by atoms with E-state index in [2.05, 4.69) is 10.4 Å². The Labute approximate surface area is 146 Å². The molecule has 7 nitrogen and oxygen atoms in total. The number of hydrogen-bond acceptors (Lipinski definition) is 4. The predicted molar refractivity (Wildman–Crippen MR) is 95.6 cm³/mol.